The Morgan fingerprint density at radius 2 is 2.00 bits per heavy atom. The Balaban J connectivity index is 2.10. The van der Waals surface area contributed by atoms with Crippen LogP contribution in [0.4, 0.5) is 0 Å². The first kappa shape index (κ1) is 16.3. The molecule has 0 saturated heterocycles. The van der Waals surface area contributed by atoms with Crippen LogP contribution < -0.4 is 9.46 Å². The van der Waals surface area contributed by atoms with Crippen LogP contribution in [-0.4, -0.2) is 32.3 Å². The summed E-state index contributed by atoms with van der Waals surface area (Å²) >= 11 is 0. The number of ether oxygens (including phenoxy) is 1. The molecular formula is C15H23NO4S. The average molecular weight is 313 g/mol. The van der Waals surface area contributed by atoms with Crippen molar-refractivity contribution in [1.82, 2.24) is 4.72 Å². The lowest BCUT2D eigenvalue weighted by atomic mass is 10.0. The minimum Gasteiger partial charge on any atom is -0.494 e. The normalized spacial score (nSPS) is 17.9. The molecule has 0 aliphatic heterocycles. The van der Waals surface area contributed by atoms with Gasteiger partial charge in [0.1, 0.15) is 5.75 Å². The van der Waals surface area contributed by atoms with Crippen molar-refractivity contribution < 1.29 is 18.3 Å². The highest BCUT2D eigenvalue weighted by atomic mass is 32.2. The fraction of sp³-hybridized carbons (Fsp3) is 0.600. The Kier molecular flexibility index (Phi) is 4.91. The van der Waals surface area contributed by atoms with Gasteiger partial charge >= 0.3 is 0 Å². The summed E-state index contributed by atoms with van der Waals surface area (Å²) in [6, 6.07) is 4.78. The first-order valence-corrected chi connectivity index (χ1v) is 8.80. The maximum Gasteiger partial charge on any atom is 0.240 e. The molecule has 2 rings (SSSR count). The Morgan fingerprint density at radius 3 is 2.57 bits per heavy atom. The molecule has 1 fully saturated rings. The summed E-state index contributed by atoms with van der Waals surface area (Å²) in [4.78, 5) is 0.199. The number of hydrogen-bond acceptors (Lipinski definition) is 4. The monoisotopic (exact) mass is 313 g/mol. The molecule has 118 valence electrons. The summed E-state index contributed by atoms with van der Waals surface area (Å²) in [7, 11) is -3.61. The summed E-state index contributed by atoms with van der Waals surface area (Å²) in [5, 5.41) is 10.2. The van der Waals surface area contributed by atoms with Gasteiger partial charge in [-0.05, 0) is 50.5 Å². The largest absolute Gasteiger partial charge is 0.494 e. The maximum absolute atomic E-state index is 12.3. The van der Waals surface area contributed by atoms with Crippen LogP contribution in [0.5, 0.6) is 5.75 Å². The van der Waals surface area contributed by atoms with E-state index in [9.17, 15) is 13.5 Å². The minimum atomic E-state index is -3.61. The van der Waals surface area contributed by atoms with Crippen LogP contribution in [-0.2, 0) is 10.0 Å². The summed E-state index contributed by atoms with van der Waals surface area (Å²) in [5.41, 5.74) is -0.118. The second-order valence-corrected chi connectivity index (χ2v) is 7.38. The molecule has 2 N–H and O–H groups in total. The first-order valence-electron chi connectivity index (χ1n) is 7.32. The Hall–Kier alpha value is -1.11. The molecule has 0 unspecified atom stereocenters. The van der Waals surface area contributed by atoms with Gasteiger partial charge < -0.3 is 9.84 Å². The molecule has 1 aromatic rings. The fourth-order valence-corrected chi connectivity index (χ4v) is 3.83. The van der Waals surface area contributed by atoms with Crippen molar-refractivity contribution in [3.8, 4) is 5.75 Å². The van der Waals surface area contributed by atoms with E-state index in [1.165, 1.54) is 6.07 Å². The van der Waals surface area contributed by atoms with E-state index in [-0.39, 0.29) is 11.4 Å². The van der Waals surface area contributed by atoms with E-state index < -0.39 is 15.6 Å². The molecule has 0 bridgehead atoms. The first-order chi connectivity index (χ1) is 9.86. The molecule has 0 radical (unpaired) electrons. The molecule has 6 heteroatoms. The molecule has 0 atom stereocenters. The lowest BCUT2D eigenvalue weighted by Gasteiger charge is -2.22. The van der Waals surface area contributed by atoms with Crippen molar-refractivity contribution in [2.45, 2.75) is 50.0 Å². The molecule has 0 aromatic heterocycles. The Bertz CT molecular complexity index is 592. The zero-order chi connectivity index (χ0) is 15.5. The van der Waals surface area contributed by atoms with Gasteiger partial charge in [-0.3, -0.25) is 0 Å². The second-order valence-electron chi connectivity index (χ2n) is 5.62. The smallest absolute Gasteiger partial charge is 0.240 e. The summed E-state index contributed by atoms with van der Waals surface area (Å²) < 4.78 is 32.5. The van der Waals surface area contributed by atoms with Crippen molar-refractivity contribution in [3.63, 3.8) is 0 Å². The highest BCUT2D eigenvalue weighted by Gasteiger charge is 2.32. The van der Waals surface area contributed by atoms with Crippen molar-refractivity contribution in [1.29, 1.82) is 0 Å². The van der Waals surface area contributed by atoms with Crippen LogP contribution in [0.2, 0.25) is 0 Å². The number of rotatable bonds is 6. The van der Waals surface area contributed by atoms with Gasteiger partial charge in [-0.2, -0.15) is 0 Å². The lowest BCUT2D eigenvalue weighted by Crippen LogP contribution is -2.40. The number of benzene rings is 1. The highest BCUT2D eigenvalue weighted by Crippen LogP contribution is 2.29. The quantitative estimate of drug-likeness (QED) is 0.842. The number of sulfonamides is 1. The van der Waals surface area contributed by atoms with Crippen molar-refractivity contribution in [3.05, 3.63) is 23.8 Å². The number of hydrogen-bond donors (Lipinski definition) is 2. The molecule has 5 nitrogen and oxygen atoms in total. The van der Waals surface area contributed by atoms with E-state index >= 15 is 0 Å². The topological polar surface area (TPSA) is 75.6 Å². The van der Waals surface area contributed by atoms with Gasteiger partial charge in [0, 0.05) is 6.54 Å². The SMILES string of the molecule is CCOc1ccc(S(=O)(=O)NCC2(O)CCCC2)cc1C. The standard InChI is InChI=1S/C15H23NO4S/c1-3-20-14-7-6-13(10-12(14)2)21(18,19)16-11-15(17)8-4-5-9-15/h6-7,10,16-17H,3-5,8-9,11H2,1-2H3. The van der Waals surface area contributed by atoms with Crippen LogP contribution >= 0.6 is 0 Å². The van der Waals surface area contributed by atoms with Crippen molar-refractivity contribution in [2.24, 2.45) is 0 Å². The fourth-order valence-electron chi connectivity index (χ4n) is 2.63. The molecule has 0 spiro atoms. The van der Waals surface area contributed by atoms with Crippen LogP contribution in [0.15, 0.2) is 23.1 Å². The summed E-state index contributed by atoms with van der Waals surface area (Å²) in [5.74, 6) is 0.686. The molecule has 0 heterocycles. The summed E-state index contributed by atoms with van der Waals surface area (Å²) in [6.07, 6.45) is 3.19. The third kappa shape index (κ3) is 3.96. The highest BCUT2D eigenvalue weighted by molar-refractivity contribution is 7.89. The summed E-state index contributed by atoms with van der Waals surface area (Å²) in [6.45, 7) is 4.31. The molecule has 1 saturated carbocycles. The molecule has 1 aromatic carbocycles. The third-order valence-corrected chi connectivity index (χ3v) is 5.28. The second kappa shape index (κ2) is 6.34. The zero-order valence-electron chi connectivity index (χ0n) is 12.6. The molecule has 1 aliphatic carbocycles. The molecule has 0 amide bonds. The average Bonchev–Trinajstić information content (AvgIpc) is 2.87. The van der Waals surface area contributed by atoms with Crippen molar-refractivity contribution in [2.75, 3.05) is 13.2 Å². The predicted molar refractivity (Wildman–Crippen MR) is 81.0 cm³/mol. The van der Waals surface area contributed by atoms with Crippen LogP contribution in [0.25, 0.3) is 0 Å². The predicted octanol–water partition coefficient (Wildman–Crippen LogP) is 1.98. The maximum atomic E-state index is 12.3. The van der Waals surface area contributed by atoms with E-state index in [0.717, 1.165) is 18.4 Å². The van der Waals surface area contributed by atoms with Gasteiger partial charge in [0.25, 0.3) is 0 Å². The molecule has 21 heavy (non-hydrogen) atoms. The third-order valence-electron chi connectivity index (χ3n) is 3.88. The van der Waals surface area contributed by atoms with E-state index in [1.807, 2.05) is 13.8 Å². The van der Waals surface area contributed by atoms with Gasteiger partial charge in [0.2, 0.25) is 10.0 Å². The van der Waals surface area contributed by atoms with Gasteiger partial charge in [-0.25, -0.2) is 13.1 Å². The number of aryl methyl sites for hydroxylation is 1. The minimum absolute atomic E-state index is 0.0710. The zero-order valence-corrected chi connectivity index (χ0v) is 13.4. The van der Waals surface area contributed by atoms with Crippen molar-refractivity contribution >= 4 is 10.0 Å². The van der Waals surface area contributed by atoms with Crippen LogP contribution in [0.1, 0.15) is 38.2 Å². The number of aliphatic hydroxyl groups is 1. The van der Waals surface area contributed by atoms with Crippen LogP contribution in [0.3, 0.4) is 0 Å². The van der Waals surface area contributed by atoms with Gasteiger partial charge in [-0.15, -0.1) is 0 Å². The van der Waals surface area contributed by atoms with E-state index in [2.05, 4.69) is 4.72 Å². The van der Waals surface area contributed by atoms with Gasteiger partial charge in [-0.1, -0.05) is 12.8 Å². The van der Waals surface area contributed by atoms with Crippen LogP contribution in [0, 0.1) is 6.92 Å². The molecule has 1 aliphatic rings. The van der Waals surface area contributed by atoms with E-state index in [0.29, 0.717) is 25.2 Å². The Labute approximate surface area is 126 Å². The lowest BCUT2D eigenvalue weighted by molar-refractivity contribution is 0.0532. The molecular weight excluding hydrogens is 290 g/mol. The van der Waals surface area contributed by atoms with E-state index in [1.54, 1.807) is 12.1 Å². The van der Waals surface area contributed by atoms with Gasteiger partial charge in [0.05, 0.1) is 17.1 Å². The van der Waals surface area contributed by atoms with E-state index in [4.69, 9.17) is 4.74 Å². The Morgan fingerprint density at radius 1 is 1.33 bits per heavy atom. The number of nitrogens with one attached hydrogen (secondary N) is 1. The van der Waals surface area contributed by atoms with Gasteiger partial charge in [0.15, 0.2) is 0 Å².